The van der Waals surface area contributed by atoms with Gasteiger partial charge in [-0.2, -0.15) is 4.98 Å². The molecule has 1 atom stereocenters. The fraction of sp³-hybridized carbons (Fsp3) is 0.391. The summed E-state index contributed by atoms with van der Waals surface area (Å²) < 4.78 is 15.3. The second-order valence-corrected chi connectivity index (χ2v) is 8.75. The van der Waals surface area contributed by atoms with E-state index in [1.54, 1.807) is 16.8 Å². The van der Waals surface area contributed by atoms with Gasteiger partial charge in [-0.05, 0) is 61.6 Å². The van der Waals surface area contributed by atoms with Crippen LogP contribution in [0, 0.1) is 18.7 Å². The molecule has 0 spiro atoms. The minimum atomic E-state index is -0.221. The average molecular weight is 447 g/mol. The first-order valence-electron chi connectivity index (χ1n) is 10.4. The molecule has 0 N–H and O–H groups in total. The largest absolute Gasteiger partial charge is 0.332 e. The van der Waals surface area contributed by atoms with Crippen LogP contribution in [0.5, 0.6) is 0 Å². The minimum Gasteiger partial charge on any atom is -0.332 e. The molecule has 1 aromatic heterocycles. The summed E-state index contributed by atoms with van der Waals surface area (Å²) in [6.07, 6.45) is 4.47. The van der Waals surface area contributed by atoms with Gasteiger partial charge in [-0.3, -0.25) is 0 Å². The van der Waals surface area contributed by atoms with E-state index >= 15 is 0 Å². The van der Waals surface area contributed by atoms with Gasteiger partial charge >= 0.3 is 0 Å². The van der Waals surface area contributed by atoms with Crippen molar-refractivity contribution in [2.24, 2.45) is 5.92 Å². The number of aromatic nitrogens is 3. The van der Waals surface area contributed by atoms with Gasteiger partial charge in [0.2, 0.25) is 5.95 Å². The molecule has 7 heteroatoms. The molecule has 1 unspecified atom stereocenters. The van der Waals surface area contributed by atoms with Crippen LogP contribution in [0.4, 0.5) is 10.3 Å². The van der Waals surface area contributed by atoms with E-state index in [2.05, 4.69) is 11.8 Å². The van der Waals surface area contributed by atoms with E-state index in [1.165, 1.54) is 25.0 Å². The van der Waals surface area contributed by atoms with Crippen LogP contribution in [0.3, 0.4) is 0 Å². The molecule has 4 nitrogen and oxygen atoms in total. The standard InChI is InChI=1S/C23H25Cl2FN4/c1-3-12-29(22(13-16-4-5-16)17-6-9-19(26)10-7-17)23-27-15(2)30(28-23)21-11-8-18(24)14-20(21)25/h6-11,14,16,22H,3-5,12-13H2,1-2H3. The van der Waals surface area contributed by atoms with E-state index in [-0.39, 0.29) is 11.9 Å². The van der Waals surface area contributed by atoms with Crippen LogP contribution in [-0.2, 0) is 0 Å². The summed E-state index contributed by atoms with van der Waals surface area (Å²) in [4.78, 5) is 7.02. The first-order valence-corrected chi connectivity index (χ1v) is 11.1. The highest BCUT2D eigenvalue weighted by Gasteiger charge is 2.31. The molecule has 1 aliphatic rings. The Balaban J connectivity index is 1.73. The Morgan fingerprint density at radius 2 is 1.90 bits per heavy atom. The van der Waals surface area contributed by atoms with E-state index in [9.17, 15) is 4.39 Å². The van der Waals surface area contributed by atoms with Gasteiger partial charge in [-0.15, -0.1) is 5.10 Å². The fourth-order valence-electron chi connectivity index (χ4n) is 3.81. The second kappa shape index (κ2) is 8.94. The SMILES string of the molecule is CCCN(c1nc(C)n(-c2ccc(Cl)cc2Cl)n1)C(CC1CC1)c1ccc(F)cc1. The lowest BCUT2D eigenvalue weighted by molar-refractivity contribution is 0.525. The van der Waals surface area contributed by atoms with Crippen LogP contribution < -0.4 is 4.90 Å². The number of benzene rings is 2. The molecule has 3 aromatic rings. The van der Waals surface area contributed by atoms with Gasteiger partial charge in [0.05, 0.1) is 16.8 Å². The van der Waals surface area contributed by atoms with Crippen molar-refractivity contribution in [1.29, 1.82) is 0 Å². The summed E-state index contributed by atoms with van der Waals surface area (Å²) >= 11 is 12.5. The van der Waals surface area contributed by atoms with Crippen LogP contribution in [-0.4, -0.2) is 21.3 Å². The lowest BCUT2D eigenvalue weighted by atomic mass is 9.99. The maximum Gasteiger partial charge on any atom is 0.245 e. The van der Waals surface area contributed by atoms with E-state index in [1.807, 2.05) is 25.1 Å². The highest BCUT2D eigenvalue weighted by molar-refractivity contribution is 6.35. The third-order valence-electron chi connectivity index (χ3n) is 5.50. The van der Waals surface area contributed by atoms with E-state index in [4.69, 9.17) is 33.3 Å². The van der Waals surface area contributed by atoms with Gasteiger partial charge in [0.1, 0.15) is 11.6 Å². The van der Waals surface area contributed by atoms with Crippen LogP contribution in [0.1, 0.15) is 50.0 Å². The number of rotatable bonds is 8. The number of aryl methyl sites for hydroxylation is 1. The minimum absolute atomic E-state index is 0.106. The van der Waals surface area contributed by atoms with Crippen molar-refractivity contribution >= 4 is 29.2 Å². The second-order valence-electron chi connectivity index (χ2n) is 7.91. The Kier molecular flexibility index (Phi) is 6.30. The maximum absolute atomic E-state index is 13.5. The third kappa shape index (κ3) is 4.62. The summed E-state index contributed by atoms with van der Waals surface area (Å²) in [7, 11) is 0. The van der Waals surface area contributed by atoms with Gasteiger partial charge in [0.25, 0.3) is 0 Å². The van der Waals surface area contributed by atoms with Gasteiger partial charge in [0, 0.05) is 11.6 Å². The van der Waals surface area contributed by atoms with E-state index in [0.717, 1.165) is 36.5 Å². The van der Waals surface area contributed by atoms with Crippen LogP contribution in [0.15, 0.2) is 42.5 Å². The molecule has 0 amide bonds. The Bertz CT molecular complexity index is 1010. The topological polar surface area (TPSA) is 34.0 Å². The van der Waals surface area contributed by atoms with Crippen LogP contribution >= 0.6 is 23.2 Å². The zero-order valence-electron chi connectivity index (χ0n) is 17.2. The highest BCUT2D eigenvalue weighted by Crippen LogP contribution is 2.41. The lowest BCUT2D eigenvalue weighted by Gasteiger charge is -2.31. The van der Waals surface area contributed by atoms with Crippen molar-refractivity contribution in [3.05, 3.63) is 69.7 Å². The molecular formula is C23H25Cl2FN4. The smallest absolute Gasteiger partial charge is 0.245 e. The molecule has 1 aliphatic carbocycles. The lowest BCUT2D eigenvalue weighted by Crippen LogP contribution is -2.31. The van der Waals surface area contributed by atoms with Gasteiger partial charge in [-0.1, -0.05) is 55.1 Å². The van der Waals surface area contributed by atoms with Crippen LogP contribution in [0.25, 0.3) is 5.69 Å². The molecule has 158 valence electrons. The summed E-state index contributed by atoms with van der Waals surface area (Å²) in [5, 5.41) is 5.92. The fourth-order valence-corrected chi connectivity index (χ4v) is 4.30. The molecule has 4 rings (SSSR count). The molecule has 0 saturated heterocycles. The molecule has 1 heterocycles. The molecule has 0 radical (unpaired) electrons. The number of nitrogens with zero attached hydrogens (tertiary/aromatic N) is 4. The number of hydrogen-bond acceptors (Lipinski definition) is 3. The summed E-state index contributed by atoms with van der Waals surface area (Å²) in [6.45, 7) is 4.87. The third-order valence-corrected chi connectivity index (χ3v) is 6.04. The van der Waals surface area contributed by atoms with Crippen molar-refractivity contribution in [2.45, 2.75) is 45.6 Å². The normalized spacial score (nSPS) is 14.7. The first kappa shape index (κ1) is 21.1. The Hall–Kier alpha value is -2.11. The van der Waals surface area contributed by atoms with Crippen molar-refractivity contribution in [2.75, 3.05) is 11.4 Å². The molecular weight excluding hydrogens is 422 g/mol. The zero-order valence-corrected chi connectivity index (χ0v) is 18.7. The molecule has 30 heavy (non-hydrogen) atoms. The van der Waals surface area contributed by atoms with Gasteiger partial charge < -0.3 is 4.90 Å². The van der Waals surface area contributed by atoms with E-state index in [0.29, 0.717) is 21.9 Å². The molecule has 2 aromatic carbocycles. The highest BCUT2D eigenvalue weighted by atomic mass is 35.5. The molecule has 1 saturated carbocycles. The van der Waals surface area contributed by atoms with Crippen molar-refractivity contribution in [3.8, 4) is 5.69 Å². The van der Waals surface area contributed by atoms with Crippen molar-refractivity contribution in [3.63, 3.8) is 0 Å². The Labute approximate surface area is 186 Å². The molecule has 0 bridgehead atoms. The Morgan fingerprint density at radius 3 is 2.53 bits per heavy atom. The zero-order chi connectivity index (χ0) is 21.3. The Morgan fingerprint density at radius 1 is 1.17 bits per heavy atom. The predicted octanol–water partition coefficient (Wildman–Crippen LogP) is 6.78. The van der Waals surface area contributed by atoms with Crippen molar-refractivity contribution < 1.29 is 4.39 Å². The monoisotopic (exact) mass is 446 g/mol. The first-order chi connectivity index (χ1) is 14.5. The summed E-state index contributed by atoms with van der Waals surface area (Å²) in [5.74, 6) is 1.89. The van der Waals surface area contributed by atoms with Gasteiger partial charge in [0.15, 0.2) is 0 Å². The number of halogens is 3. The van der Waals surface area contributed by atoms with E-state index < -0.39 is 0 Å². The average Bonchev–Trinajstić information content (AvgIpc) is 3.46. The summed E-state index contributed by atoms with van der Waals surface area (Å²) in [6, 6.07) is 12.3. The summed E-state index contributed by atoms with van der Waals surface area (Å²) in [5.41, 5.74) is 1.84. The quantitative estimate of drug-likeness (QED) is 0.382. The number of anilines is 1. The molecule has 0 aliphatic heterocycles. The van der Waals surface area contributed by atoms with Gasteiger partial charge in [-0.25, -0.2) is 9.07 Å². The van der Waals surface area contributed by atoms with Crippen LogP contribution in [0.2, 0.25) is 10.0 Å². The molecule has 1 fully saturated rings. The maximum atomic E-state index is 13.5. The van der Waals surface area contributed by atoms with Crippen molar-refractivity contribution in [1.82, 2.24) is 14.8 Å². The predicted molar refractivity (Wildman–Crippen MR) is 120 cm³/mol. The number of hydrogen-bond donors (Lipinski definition) is 0.